The summed E-state index contributed by atoms with van der Waals surface area (Å²) in [6.07, 6.45) is 3.07. The number of rotatable bonds is 3. The number of amides is 1. The van der Waals surface area contributed by atoms with E-state index in [-0.39, 0.29) is 17.6 Å². The molecule has 140 valence electrons. The summed E-state index contributed by atoms with van der Waals surface area (Å²) in [6, 6.07) is 1.77. The molecule has 0 aromatic carbocycles. The van der Waals surface area contributed by atoms with E-state index >= 15 is 0 Å². The van der Waals surface area contributed by atoms with Crippen LogP contribution in [0.1, 0.15) is 49.4 Å². The van der Waals surface area contributed by atoms with Crippen molar-refractivity contribution in [1.82, 2.24) is 15.0 Å². The lowest BCUT2D eigenvalue weighted by Gasteiger charge is -2.52. The largest absolute Gasteiger partial charge is 0.386 e. The van der Waals surface area contributed by atoms with E-state index < -0.39 is 5.60 Å². The summed E-state index contributed by atoms with van der Waals surface area (Å²) >= 11 is 0. The summed E-state index contributed by atoms with van der Waals surface area (Å²) in [7, 11) is 3.98. The van der Waals surface area contributed by atoms with Crippen LogP contribution in [0.4, 0.5) is 0 Å². The third kappa shape index (κ3) is 3.59. The molecule has 2 aliphatic rings. The molecule has 3 heterocycles. The Kier molecular flexibility index (Phi) is 4.92. The summed E-state index contributed by atoms with van der Waals surface area (Å²) in [5, 5.41) is 14.5. The molecular formula is C18H29N3O4. The maximum absolute atomic E-state index is 12.6. The van der Waals surface area contributed by atoms with E-state index in [9.17, 15) is 9.90 Å². The fourth-order valence-electron chi connectivity index (χ4n) is 3.97. The van der Waals surface area contributed by atoms with Crippen molar-refractivity contribution >= 4 is 5.91 Å². The van der Waals surface area contributed by atoms with Gasteiger partial charge in [-0.3, -0.25) is 4.79 Å². The van der Waals surface area contributed by atoms with Gasteiger partial charge >= 0.3 is 0 Å². The van der Waals surface area contributed by atoms with Crippen molar-refractivity contribution in [3.8, 4) is 0 Å². The quantitative estimate of drug-likeness (QED) is 0.885. The highest BCUT2D eigenvalue weighted by atomic mass is 16.5. The van der Waals surface area contributed by atoms with E-state index in [4.69, 9.17) is 9.26 Å². The maximum atomic E-state index is 12.6. The fourth-order valence-corrected chi connectivity index (χ4v) is 3.97. The summed E-state index contributed by atoms with van der Waals surface area (Å²) < 4.78 is 11.3. The number of nitrogens with zero attached hydrogens (tertiary/aromatic N) is 3. The Morgan fingerprint density at radius 1 is 1.44 bits per heavy atom. The van der Waals surface area contributed by atoms with Gasteiger partial charge in [-0.2, -0.15) is 0 Å². The number of aliphatic hydroxyl groups is 1. The average molecular weight is 351 g/mol. The van der Waals surface area contributed by atoms with Gasteiger partial charge in [0.15, 0.2) is 0 Å². The van der Waals surface area contributed by atoms with Crippen molar-refractivity contribution < 1.29 is 19.2 Å². The van der Waals surface area contributed by atoms with Gasteiger partial charge in [0.05, 0.1) is 17.9 Å². The third-order valence-electron chi connectivity index (χ3n) is 5.67. The molecule has 2 aliphatic heterocycles. The average Bonchev–Trinajstić information content (AvgIpc) is 3.06. The van der Waals surface area contributed by atoms with Crippen molar-refractivity contribution in [3.63, 3.8) is 0 Å². The summed E-state index contributed by atoms with van der Waals surface area (Å²) in [5.41, 5.74) is -0.314. The highest BCUT2D eigenvalue weighted by molar-refractivity contribution is 5.91. The van der Waals surface area contributed by atoms with Gasteiger partial charge < -0.3 is 24.2 Å². The number of piperidine rings is 1. The second kappa shape index (κ2) is 6.70. The minimum atomic E-state index is -0.849. The molecule has 0 aliphatic carbocycles. The molecule has 0 unspecified atom stereocenters. The standard InChI is InChI=1S/C18H29N3O4/c1-5-13-10-14(25-19-13)16(22)21-8-6-18(7-9-21)11-15(20(3)4)17(2,23)12-24-18/h10,15,23H,5-9,11-12H2,1-4H3/t15-,17-/m0/s1. The van der Waals surface area contributed by atoms with Crippen molar-refractivity contribution in [2.45, 2.75) is 56.8 Å². The van der Waals surface area contributed by atoms with Gasteiger partial charge in [0.2, 0.25) is 5.76 Å². The molecule has 25 heavy (non-hydrogen) atoms. The van der Waals surface area contributed by atoms with Crippen LogP contribution in [0, 0.1) is 0 Å². The van der Waals surface area contributed by atoms with E-state index in [1.54, 1.807) is 6.07 Å². The second-order valence-electron chi connectivity index (χ2n) is 7.84. The van der Waals surface area contributed by atoms with Crippen molar-refractivity contribution in [1.29, 1.82) is 0 Å². The van der Waals surface area contributed by atoms with Crippen LogP contribution in [0.3, 0.4) is 0 Å². The van der Waals surface area contributed by atoms with Gasteiger partial charge in [-0.15, -0.1) is 0 Å². The Morgan fingerprint density at radius 2 is 2.12 bits per heavy atom. The maximum Gasteiger partial charge on any atom is 0.292 e. The van der Waals surface area contributed by atoms with Crippen molar-refractivity contribution in [2.75, 3.05) is 33.8 Å². The van der Waals surface area contributed by atoms with Crippen LogP contribution >= 0.6 is 0 Å². The number of carbonyl (C=O) groups is 1. The zero-order chi connectivity index (χ0) is 18.2. The highest BCUT2D eigenvalue weighted by Gasteiger charge is 2.49. The first-order chi connectivity index (χ1) is 11.8. The highest BCUT2D eigenvalue weighted by Crippen LogP contribution is 2.39. The Labute approximate surface area is 148 Å². The number of aryl methyl sites for hydroxylation is 1. The first-order valence-corrected chi connectivity index (χ1v) is 9.04. The molecule has 0 bridgehead atoms. The molecule has 1 aromatic heterocycles. The van der Waals surface area contributed by atoms with Gasteiger partial charge in [-0.25, -0.2) is 0 Å². The molecule has 1 amide bonds. The molecule has 1 spiro atoms. The molecule has 2 fully saturated rings. The van der Waals surface area contributed by atoms with Gasteiger partial charge in [-0.05, 0) is 46.7 Å². The van der Waals surface area contributed by atoms with Gasteiger partial charge in [-0.1, -0.05) is 12.1 Å². The van der Waals surface area contributed by atoms with E-state index in [0.717, 1.165) is 31.4 Å². The smallest absolute Gasteiger partial charge is 0.292 e. The third-order valence-corrected chi connectivity index (χ3v) is 5.67. The zero-order valence-electron chi connectivity index (χ0n) is 15.6. The number of likely N-dealkylation sites (tertiary alicyclic amines) is 1. The Balaban J connectivity index is 1.64. The predicted octanol–water partition coefficient (Wildman–Crippen LogP) is 1.31. The molecule has 1 N–H and O–H groups in total. The molecule has 7 nitrogen and oxygen atoms in total. The molecule has 7 heteroatoms. The van der Waals surface area contributed by atoms with Crippen LogP contribution in [0.5, 0.6) is 0 Å². The van der Waals surface area contributed by atoms with Gasteiger partial charge in [0.1, 0.15) is 5.60 Å². The summed E-state index contributed by atoms with van der Waals surface area (Å²) in [6.45, 7) is 5.39. The SMILES string of the molecule is CCc1cc(C(=O)N2CCC3(CC2)C[C@H](N(C)C)[C@@](C)(O)CO3)on1. The molecule has 0 saturated carbocycles. The number of hydrogen-bond acceptors (Lipinski definition) is 6. The molecule has 0 radical (unpaired) electrons. The monoisotopic (exact) mass is 351 g/mol. The number of ether oxygens (including phenoxy) is 1. The van der Waals surface area contributed by atoms with Crippen LogP contribution < -0.4 is 0 Å². The number of aromatic nitrogens is 1. The van der Waals surface area contributed by atoms with E-state index in [1.165, 1.54) is 0 Å². The first-order valence-electron chi connectivity index (χ1n) is 9.04. The lowest BCUT2D eigenvalue weighted by atomic mass is 9.77. The fraction of sp³-hybridized carbons (Fsp3) is 0.778. The second-order valence-corrected chi connectivity index (χ2v) is 7.84. The first kappa shape index (κ1) is 18.4. The van der Waals surface area contributed by atoms with Crippen LogP contribution in [0.2, 0.25) is 0 Å². The summed E-state index contributed by atoms with van der Waals surface area (Å²) in [4.78, 5) is 16.5. The van der Waals surface area contributed by atoms with Crippen LogP contribution in [0.15, 0.2) is 10.6 Å². The van der Waals surface area contributed by atoms with E-state index in [2.05, 4.69) is 10.1 Å². The van der Waals surface area contributed by atoms with Gasteiger partial charge in [0, 0.05) is 25.2 Å². The van der Waals surface area contributed by atoms with Gasteiger partial charge in [0.25, 0.3) is 5.91 Å². The lowest BCUT2D eigenvalue weighted by Crippen LogP contribution is -2.62. The van der Waals surface area contributed by atoms with Crippen LogP contribution in [-0.2, 0) is 11.2 Å². The van der Waals surface area contributed by atoms with Crippen molar-refractivity contribution in [2.24, 2.45) is 0 Å². The summed E-state index contributed by atoms with van der Waals surface area (Å²) in [5.74, 6) is 0.209. The molecule has 3 rings (SSSR count). The number of hydrogen-bond donors (Lipinski definition) is 1. The minimum absolute atomic E-state index is 0.0462. The Morgan fingerprint density at radius 3 is 2.68 bits per heavy atom. The number of likely N-dealkylation sites (N-methyl/N-ethyl adjacent to an activating group) is 1. The van der Waals surface area contributed by atoms with Crippen LogP contribution in [-0.4, -0.2) is 77.0 Å². The van der Waals surface area contributed by atoms with E-state index in [1.807, 2.05) is 32.8 Å². The normalized spacial score (nSPS) is 29.4. The molecule has 1 aromatic rings. The van der Waals surface area contributed by atoms with Crippen molar-refractivity contribution in [3.05, 3.63) is 17.5 Å². The zero-order valence-corrected chi connectivity index (χ0v) is 15.6. The predicted molar refractivity (Wildman–Crippen MR) is 92.4 cm³/mol. The Hall–Kier alpha value is -1.44. The number of carbonyl (C=O) groups excluding carboxylic acids is 1. The molecule has 2 saturated heterocycles. The van der Waals surface area contributed by atoms with Crippen LogP contribution in [0.25, 0.3) is 0 Å². The van der Waals surface area contributed by atoms with E-state index in [0.29, 0.717) is 25.5 Å². The molecular weight excluding hydrogens is 322 g/mol. The Bertz CT molecular complexity index is 618. The molecule has 2 atom stereocenters. The topological polar surface area (TPSA) is 79.0 Å². The minimum Gasteiger partial charge on any atom is -0.386 e. The lowest BCUT2D eigenvalue weighted by molar-refractivity contribution is -0.205.